The molecule has 3 N–H and O–H groups in total. The summed E-state index contributed by atoms with van der Waals surface area (Å²) in [6, 6.07) is 6.56. The first kappa shape index (κ1) is 22.9. The average Bonchev–Trinajstić information content (AvgIpc) is 2.62. The van der Waals surface area contributed by atoms with Crippen LogP contribution in [0.3, 0.4) is 0 Å². The summed E-state index contributed by atoms with van der Waals surface area (Å²) in [7, 11) is 0. The largest absolute Gasteiger partial charge is 0.491 e. The first-order valence-corrected chi connectivity index (χ1v) is 9.93. The summed E-state index contributed by atoms with van der Waals surface area (Å²) in [6.07, 6.45) is 4.06. The molecule has 1 rings (SSSR count). The lowest BCUT2D eigenvalue weighted by atomic mass is 10.1. The molecule has 0 radical (unpaired) electrons. The first-order valence-electron chi connectivity index (χ1n) is 9.93. The second kappa shape index (κ2) is 15.0. The van der Waals surface area contributed by atoms with Crippen molar-refractivity contribution in [3.63, 3.8) is 0 Å². The van der Waals surface area contributed by atoms with Gasteiger partial charge in [-0.1, -0.05) is 18.2 Å². The van der Waals surface area contributed by atoms with Crippen LogP contribution in [-0.2, 0) is 9.47 Å². The molecule has 1 aromatic carbocycles. The van der Waals surface area contributed by atoms with E-state index >= 15 is 0 Å². The predicted octanol–water partition coefficient (Wildman–Crippen LogP) is 3.21. The lowest BCUT2D eigenvalue weighted by Gasteiger charge is -2.17. The smallest absolute Gasteiger partial charge is 0.125 e. The number of ether oxygens (including phenoxy) is 3. The van der Waals surface area contributed by atoms with Crippen LogP contribution >= 0.6 is 0 Å². The van der Waals surface area contributed by atoms with E-state index < -0.39 is 0 Å². The Bertz CT molecular complexity index is 448. The number of nitrogens with one attached hydrogen (secondary N) is 1. The topological polar surface area (TPSA) is 65.7 Å². The first-order chi connectivity index (χ1) is 12.6. The minimum atomic E-state index is 0.319. The fraction of sp³-hybridized carbons (Fsp3) is 0.714. The lowest BCUT2D eigenvalue weighted by Crippen LogP contribution is -2.33. The van der Waals surface area contributed by atoms with Crippen LogP contribution in [0.4, 0.5) is 0 Å². The molecule has 1 atom stereocenters. The maximum Gasteiger partial charge on any atom is 0.125 e. The molecule has 0 aliphatic rings. The summed E-state index contributed by atoms with van der Waals surface area (Å²) in [5, 5.41) is 3.49. The number of aryl methyl sites for hydroxylation is 2. The highest BCUT2D eigenvalue weighted by atomic mass is 16.5. The molecule has 26 heavy (non-hydrogen) atoms. The highest BCUT2D eigenvalue weighted by Crippen LogP contribution is 2.22. The molecule has 0 aliphatic heterocycles. The number of unbranched alkanes of at least 4 members (excludes halogenated alkanes) is 1. The second-order valence-corrected chi connectivity index (χ2v) is 6.81. The van der Waals surface area contributed by atoms with E-state index in [1.807, 2.05) is 0 Å². The molecule has 0 saturated heterocycles. The molecule has 150 valence electrons. The lowest BCUT2D eigenvalue weighted by molar-refractivity contribution is 0.101. The van der Waals surface area contributed by atoms with Crippen molar-refractivity contribution in [2.24, 2.45) is 5.73 Å². The van der Waals surface area contributed by atoms with Crippen molar-refractivity contribution in [2.75, 3.05) is 46.1 Å². The number of rotatable bonds is 16. The Morgan fingerprint density at radius 1 is 0.923 bits per heavy atom. The summed E-state index contributed by atoms with van der Waals surface area (Å²) in [5.74, 6) is 1.01. The van der Waals surface area contributed by atoms with Gasteiger partial charge in [0, 0.05) is 32.5 Å². The number of hydrogen-bond acceptors (Lipinski definition) is 5. The van der Waals surface area contributed by atoms with Crippen LogP contribution in [0.2, 0.25) is 0 Å². The van der Waals surface area contributed by atoms with Crippen molar-refractivity contribution in [1.29, 1.82) is 0 Å². The van der Waals surface area contributed by atoms with Gasteiger partial charge in [0.15, 0.2) is 0 Å². The van der Waals surface area contributed by atoms with Crippen LogP contribution in [0.5, 0.6) is 5.75 Å². The van der Waals surface area contributed by atoms with E-state index in [1.54, 1.807) is 0 Å². The molecule has 0 bridgehead atoms. The molecular formula is C21H38N2O3. The zero-order valence-electron chi connectivity index (χ0n) is 16.9. The minimum absolute atomic E-state index is 0.319. The van der Waals surface area contributed by atoms with Crippen molar-refractivity contribution in [3.05, 3.63) is 29.3 Å². The van der Waals surface area contributed by atoms with Gasteiger partial charge in [-0.15, -0.1) is 0 Å². The minimum Gasteiger partial charge on any atom is -0.491 e. The summed E-state index contributed by atoms with van der Waals surface area (Å²) in [6.45, 7) is 11.8. The molecule has 0 saturated carbocycles. The predicted molar refractivity (Wildman–Crippen MR) is 108 cm³/mol. The number of hydrogen-bond donors (Lipinski definition) is 2. The van der Waals surface area contributed by atoms with Crippen molar-refractivity contribution >= 4 is 0 Å². The van der Waals surface area contributed by atoms with Gasteiger partial charge in [-0.25, -0.2) is 0 Å². The van der Waals surface area contributed by atoms with E-state index in [4.69, 9.17) is 19.9 Å². The van der Waals surface area contributed by atoms with Gasteiger partial charge < -0.3 is 25.3 Å². The van der Waals surface area contributed by atoms with Gasteiger partial charge in [-0.05, 0) is 70.7 Å². The fourth-order valence-electron chi connectivity index (χ4n) is 2.61. The van der Waals surface area contributed by atoms with Crippen LogP contribution in [0.1, 0.15) is 43.7 Å². The van der Waals surface area contributed by atoms with Crippen molar-refractivity contribution < 1.29 is 14.2 Å². The Labute approximate surface area is 159 Å². The van der Waals surface area contributed by atoms with E-state index in [1.165, 1.54) is 11.1 Å². The zero-order valence-corrected chi connectivity index (χ0v) is 16.9. The van der Waals surface area contributed by atoms with Crippen LogP contribution in [0.25, 0.3) is 0 Å². The molecule has 0 aromatic heterocycles. The van der Waals surface area contributed by atoms with Crippen molar-refractivity contribution in [2.45, 2.75) is 52.5 Å². The van der Waals surface area contributed by atoms with Gasteiger partial charge in [-0.2, -0.15) is 0 Å². The van der Waals surface area contributed by atoms with Crippen LogP contribution in [0.15, 0.2) is 18.2 Å². The zero-order chi connectivity index (χ0) is 19.0. The molecule has 5 heteroatoms. The Balaban J connectivity index is 1.93. The molecular weight excluding hydrogens is 328 g/mol. The quantitative estimate of drug-likeness (QED) is 0.440. The van der Waals surface area contributed by atoms with E-state index in [9.17, 15) is 0 Å². The van der Waals surface area contributed by atoms with Gasteiger partial charge >= 0.3 is 0 Å². The Morgan fingerprint density at radius 3 is 2.12 bits per heavy atom. The highest BCUT2D eigenvalue weighted by Gasteiger charge is 2.06. The second-order valence-electron chi connectivity index (χ2n) is 6.81. The van der Waals surface area contributed by atoms with E-state index in [2.05, 4.69) is 44.3 Å². The molecule has 5 nitrogen and oxygen atoms in total. The number of para-hydroxylation sites is 1. The molecule has 0 amide bonds. The summed E-state index contributed by atoms with van der Waals surface area (Å²) >= 11 is 0. The van der Waals surface area contributed by atoms with Crippen molar-refractivity contribution in [3.8, 4) is 5.75 Å². The Kier molecular flexibility index (Phi) is 13.2. The maximum absolute atomic E-state index is 5.97. The van der Waals surface area contributed by atoms with Gasteiger partial charge in [0.2, 0.25) is 0 Å². The Hall–Kier alpha value is -1.14. The molecule has 0 heterocycles. The third kappa shape index (κ3) is 10.8. The Morgan fingerprint density at radius 2 is 1.50 bits per heavy atom. The molecule has 0 fully saturated rings. The van der Waals surface area contributed by atoms with Crippen LogP contribution in [0, 0.1) is 13.8 Å². The van der Waals surface area contributed by atoms with Gasteiger partial charge in [0.25, 0.3) is 0 Å². The van der Waals surface area contributed by atoms with Gasteiger partial charge in [0.05, 0.1) is 0 Å². The summed E-state index contributed by atoms with van der Waals surface area (Å²) in [4.78, 5) is 0. The standard InChI is InChI=1S/C21H38N2O3/c1-18-9-6-10-19(2)21(18)26-17-20(3)23-12-8-16-25-14-5-4-13-24-15-7-11-22/h6,9-10,20,23H,4-5,7-8,11-17,22H2,1-3H3. The van der Waals surface area contributed by atoms with Crippen LogP contribution in [-0.4, -0.2) is 52.2 Å². The molecule has 1 aromatic rings. The maximum atomic E-state index is 5.97. The number of benzene rings is 1. The molecule has 0 aliphatic carbocycles. The van der Waals surface area contributed by atoms with Gasteiger partial charge in [-0.3, -0.25) is 0 Å². The van der Waals surface area contributed by atoms with E-state index in [-0.39, 0.29) is 0 Å². The van der Waals surface area contributed by atoms with Gasteiger partial charge in [0.1, 0.15) is 12.4 Å². The summed E-state index contributed by atoms with van der Waals surface area (Å²) in [5.41, 5.74) is 7.79. The van der Waals surface area contributed by atoms with Crippen LogP contribution < -0.4 is 15.8 Å². The third-order valence-corrected chi connectivity index (χ3v) is 4.16. The molecule has 1 unspecified atom stereocenters. The average molecular weight is 367 g/mol. The van der Waals surface area contributed by atoms with E-state index in [0.29, 0.717) is 19.2 Å². The monoisotopic (exact) mass is 366 g/mol. The third-order valence-electron chi connectivity index (χ3n) is 4.16. The highest BCUT2D eigenvalue weighted by molar-refractivity contribution is 5.39. The van der Waals surface area contributed by atoms with Crippen molar-refractivity contribution in [1.82, 2.24) is 5.32 Å². The number of nitrogens with two attached hydrogens (primary N) is 1. The SMILES string of the molecule is Cc1cccc(C)c1OCC(C)NCCCOCCCCOCCCN. The molecule has 0 spiro atoms. The summed E-state index contributed by atoms with van der Waals surface area (Å²) < 4.78 is 17.1. The van der Waals surface area contributed by atoms with E-state index in [0.717, 1.165) is 64.4 Å². The fourth-order valence-corrected chi connectivity index (χ4v) is 2.61. The normalized spacial score (nSPS) is 12.3.